The fourth-order valence-electron chi connectivity index (χ4n) is 1.70. The average molecular weight is 257 g/mol. The van der Waals surface area contributed by atoms with E-state index in [0.717, 1.165) is 5.56 Å². The minimum absolute atomic E-state index is 0.0833. The second-order valence-corrected chi connectivity index (χ2v) is 4.13. The van der Waals surface area contributed by atoms with Gasteiger partial charge in [-0.25, -0.2) is 4.98 Å². The molecule has 1 aromatic carbocycles. The molecule has 0 radical (unpaired) electrons. The Balaban J connectivity index is 2.19. The van der Waals surface area contributed by atoms with Crippen LogP contribution in [0.5, 0.6) is 11.6 Å². The molecule has 0 atom stereocenters. The first-order valence-corrected chi connectivity index (χ1v) is 6.04. The van der Waals surface area contributed by atoms with E-state index in [9.17, 15) is 4.79 Å². The zero-order valence-corrected chi connectivity index (χ0v) is 10.7. The zero-order valence-electron chi connectivity index (χ0n) is 10.7. The molecular weight excluding hydrogens is 242 g/mol. The van der Waals surface area contributed by atoms with Crippen LogP contribution in [0.3, 0.4) is 0 Å². The van der Waals surface area contributed by atoms with Gasteiger partial charge in [0.2, 0.25) is 5.88 Å². The molecule has 19 heavy (non-hydrogen) atoms. The Morgan fingerprint density at radius 3 is 2.63 bits per heavy atom. The summed E-state index contributed by atoms with van der Waals surface area (Å²) in [6.45, 7) is 1.60. The lowest BCUT2D eigenvalue weighted by molar-refractivity contribution is 0.101. The second-order valence-electron chi connectivity index (χ2n) is 4.13. The molecule has 4 heteroatoms. The van der Waals surface area contributed by atoms with Crippen LogP contribution >= 0.6 is 0 Å². The summed E-state index contributed by atoms with van der Waals surface area (Å²) in [6.07, 6.45) is 2.20. The molecule has 1 heterocycles. The van der Waals surface area contributed by atoms with Crippen LogP contribution in [0.1, 0.15) is 22.8 Å². The number of benzene rings is 1. The van der Waals surface area contributed by atoms with Crippen molar-refractivity contribution in [3.63, 3.8) is 0 Å². The fourth-order valence-corrected chi connectivity index (χ4v) is 1.70. The minimum atomic E-state index is -0.0833. The number of hydrogen-bond acceptors (Lipinski definition) is 4. The van der Waals surface area contributed by atoms with Crippen LogP contribution in [0, 0.1) is 0 Å². The number of Topliss-reactive ketones (excluding diaryl/α,β-unsaturated/α-hetero) is 1. The number of pyridine rings is 1. The van der Waals surface area contributed by atoms with Crippen LogP contribution in [0.4, 0.5) is 0 Å². The molecule has 2 aromatic rings. The van der Waals surface area contributed by atoms with E-state index in [1.165, 1.54) is 6.92 Å². The summed E-state index contributed by atoms with van der Waals surface area (Å²) >= 11 is 0. The number of ether oxygens (including phenoxy) is 1. The first kappa shape index (κ1) is 13.2. The van der Waals surface area contributed by atoms with Crippen LogP contribution < -0.4 is 4.74 Å². The van der Waals surface area contributed by atoms with Crippen LogP contribution in [-0.4, -0.2) is 22.5 Å². The molecule has 1 N–H and O–H groups in total. The van der Waals surface area contributed by atoms with Gasteiger partial charge in [0.15, 0.2) is 5.78 Å². The van der Waals surface area contributed by atoms with Gasteiger partial charge < -0.3 is 9.84 Å². The SMILES string of the molecule is CC(=O)c1cccnc1Oc1ccc(CCO)cc1. The van der Waals surface area contributed by atoms with Gasteiger partial charge in [-0.2, -0.15) is 0 Å². The Morgan fingerprint density at radius 2 is 2.00 bits per heavy atom. The summed E-state index contributed by atoms with van der Waals surface area (Å²) in [4.78, 5) is 15.5. The molecule has 0 unspecified atom stereocenters. The van der Waals surface area contributed by atoms with Gasteiger partial charge in [0.25, 0.3) is 0 Å². The lowest BCUT2D eigenvalue weighted by atomic mass is 10.1. The van der Waals surface area contributed by atoms with E-state index >= 15 is 0 Å². The van der Waals surface area contributed by atoms with Crippen molar-refractivity contribution in [2.24, 2.45) is 0 Å². The largest absolute Gasteiger partial charge is 0.438 e. The molecule has 0 aliphatic rings. The van der Waals surface area contributed by atoms with Gasteiger partial charge in [-0.1, -0.05) is 12.1 Å². The number of aliphatic hydroxyl groups excluding tert-OH is 1. The first-order chi connectivity index (χ1) is 9.20. The Labute approximate surface area is 111 Å². The number of rotatable bonds is 5. The summed E-state index contributed by atoms with van der Waals surface area (Å²) in [7, 11) is 0. The van der Waals surface area contributed by atoms with Gasteiger partial charge in [-0.3, -0.25) is 4.79 Å². The van der Waals surface area contributed by atoms with Gasteiger partial charge in [0.05, 0.1) is 5.56 Å². The maximum Gasteiger partial charge on any atom is 0.230 e. The number of hydrogen-bond donors (Lipinski definition) is 1. The molecule has 0 bridgehead atoms. The van der Waals surface area contributed by atoms with Crippen LogP contribution in [0.15, 0.2) is 42.6 Å². The Kier molecular flexibility index (Phi) is 4.26. The fraction of sp³-hybridized carbons (Fsp3) is 0.200. The molecule has 1 aromatic heterocycles. The molecule has 0 amide bonds. The topological polar surface area (TPSA) is 59.4 Å². The van der Waals surface area contributed by atoms with Crippen molar-refractivity contribution in [1.29, 1.82) is 0 Å². The van der Waals surface area contributed by atoms with Gasteiger partial charge in [0, 0.05) is 12.8 Å². The van der Waals surface area contributed by atoms with Gasteiger partial charge in [-0.15, -0.1) is 0 Å². The Morgan fingerprint density at radius 1 is 1.26 bits per heavy atom. The number of aliphatic hydroxyl groups is 1. The minimum Gasteiger partial charge on any atom is -0.438 e. The van der Waals surface area contributed by atoms with Crippen LogP contribution in [-0.2, 0) is 6.42 Å². The molecule has 0 fully saturated rings. The van der Waals surface area contributed by atoms with Gasteiger partial charge in [-0.05, 0) is 43.2 Å². The van der Waals surface area contributed by atoms with Crippen molar-refractivity contribution >= 4 is 5.78 Å². The number of ketones is 1. The van der Waals surface area contributed by atoms with Gasteiger partial charge >= 0.3 is 0 Å². The van der Waals surface area contributed by atoms with Crippen molar-refractivity contribution < 1.29 is 14.6 Å². The van der Waals surface area contributed by atoms with Crippen molar-refractivity contribution in [2.75, 3.05) is 6.61 Å². The van der Waals surface area contributed by atoms with E-state index in [-0.39, 0.29) is 12.4 Å². The lowest BCUT2D eigenvalue weighted by Crippen LogP contribution is -1.99. The van der Waals surface area contributed by atoms with E-state index in [4.69, 9.17) is 9.84 Å². The lowest BCUT2D eigenvalue weighted by Gasteiger charge is -2.08. The number of carbonyl (C=O) groups is 1. The van der Waals surface area contributed by atoms with E-state index in [2.05, 4.69) is 4.98 Å². The first-order valence-electron chi connectivity index (χ1n) is 6.04. The number of carbonyl (C=O) groups excluding carboxylic acids is 1. The molecule has 0 saturated heterocycles. The average Bonchev–Trinajstić information content (AvgIpc) is 2.42. The third-order valence-electron chi connectivity index (χ3n) is 2.69. The highest BCUT2D eigenvalue weighted by Gasteiger charge is 2.09. The highest BCUT2D eigenvalue weighted by Crippen LogP contribution is 2.23. The van der Waals surface area contributed by atoms with Crippen LogP contribution in [0.25, 0.3) is 0 Å². The molecule has 0 saturated carbocycles. The monoisotopic (exact) mass is 257 g/mol. The number of aromatic nitrogens is 1. The summed E-state index contributed by atoms with van der Waals surface area (Å²) in [5, 5.41) is 8.84. The molecule has 98 valence electrons. The molecule has 0 spiro atoms. The quantitative estimate of drug-likeness (QED) is 0.836. The summed E-state index contributed by atoms with van der Waals surface area (Å²) in [5.41, 5.74) is 1.49. The second kappa shape index (κ2) is 6.11. The zero-order chi connectivity index (χ0) is 13.7. The summed E-state index contributed by atoms with van der Waals surface area (Å²) in [6, 6.07) is 10.7. The van der Waals surface area contributed by atoms with Crippen molar-refractivity contribution in [3.8, 4) is 11.6 Å². The molecule has 2 rings (SSSR count). The Hall–Kier alpha value is -2.20. The third-order valence-corrected chi connectivity index (χ3v) is 2.69. The maximum atomic E-state index is 11.4. The summed E-state index contributed by atoms with van der Waals surface area (Å²) in [5.74, 6) is 0.841. The Bertz CT molecular complexity index is 564. The van der Waals surface area contributed by atoms with Crippen LogP contribution in [0.2, 0.25) is 0 Å². The van der Waals surface area contributed by atoms with E-state index in [0.29, 0.717) is 23.6 Å². The molecular formula is C15H15NO3. The van der Waals surface area contributed by atoms with Crippen molar-refractivity contribution in [1.82, 2.24) is 4.98 Å². The van der Waals surface area contributed by atoms with E-state index < -0.39 is 0 Å². The predicted octanol–water partition coefficient (Wildman–Crippen LogP) is 2.61. The molecule has 0 aliphatic heterocycles. The smallest absolute Gasteiger partial charge is 0.230 e. The molecule has 0 aliphatic carbocycles. The van der Waals surface area contributed by atoms with Crippen molar-refractivity contribution in [2.45, 2.75) is 13.3 Å². The molecule has 4 nitrogen and oxygen atoms in total. The third kappa shape index (κ3) is 3.39. The van der Waals surface area contributed by atoms with Crippen molar-refractivity contribution in [3.05, 3.63) is 53.7 Å². The van der Waals surface area contributed by atoms with E-state index in [1.54, 1.807) is 30.5 Å². The van der Waals surface area contributed by atoms with Gasteiger partial charge in [0.1, 0.15) is 5.75 Å². The highest BCUT2D eigenvalue weighted by molar-refractivity contribution is 5.96. The predicted molar refractivity (Wildman–Crippen MR) is 71.5 cm³/mol. The number of nitrogens with zero attached hydrogens (tertiary/aromatic N) is 1. The highest BCUT2D eigenvalue weighted by atomic mass is 16.5. The normalized spacial score (nSPS) is 10.2. The van der Waals surface area contributed by atoms with E-state index in [1.807, 2.05) is 12.1 Å². The standard InChI is InChI=1S/C15H15NO3/c1-11(18)14-3-2-9-16-15(14)19-13-6-4-12(5-7-13)8-10-17/h2-7,9,17H,8,10H2,1H3. The summed E-state index contributed by atoms with van der Waals surface area (Å²) < 4.78 is 5.61. The maximum absolute atomic E-state index is 11.4.